The van der Waals surface area contributed by atoms with Crippen molar-refractivity contribution in [3.63, 3.8) is 0 Å². The number of nitrogens with one attached hydrogen (secondary N) is 1. The predicted octanol–water partition coefficient (Wildman–Crippen LogP) is 2.72. The molecule has 0 aliphatic carbocycles. The summed E-state index contributed by atoms with van der Waals surface area (Å²) >= 11 is 5.40. The van der Waals surface area contributed by atoms with E-state index in [9.17, 15) is 9.18 Å². The van der Waals surface area contributed by atoms with Crippen LogP contribution in [0.15, 0.2) is 24.3 Å². The van der Waals surface area contributed by atoms with Gasteiger partial charge in [-0.25, -0.2) is 4.39 Å². The van der Waals surface area contributed by atoms with Gasteiger partial charge in [-0.05, 0) is 6.07 Å². The second kappa shape index (κ2) is 5.60. The van der Waals surface area contributed by atoms with Gasteiger partial charge in [-0.1, -0.05) is 18.2 Å². The first-order valence-electron chi connectivity index (χ1n) is 4.27. The van der Waals surface area contributed by atoms with E-state index < -0.39 is 6.67 Å². The van der Waals surface area contributed by atoms with Crippen LogP contribution in [0.2, 0.25) is 0 Å². The Balaban J connectivity index is 2.70. The lowest BCUT2D eigenvalue weighted by molar-refractivity contribution is -0.115. The molecule has 76 valence electrons. The van der Waals surface area contributed by atoms with Crippen molar-refractivity contribution in [2.24, 2.45) is 0 Å². The molecule has 0 radical (unpaired) electrons. The van der Waals surface area contributed by atoms with Crippen molar-refractivity contribution in [3.05, 3.63) is 29.8 Å². The summed E-state index contributed by atoms with van der Waals surface area (Å²) in [6.45, 7) is -0.586. The highest BCUT2D eigenvalue weighted by molar-refractivity contribution is 6.19. The van der Waals surface area contributed by atoms with Crippen molar-refractivity contribution in [2.75, 3.05) is 11.2 Å². The molecule has 0 saturated heterocycles. The third-order valence-corrected chi connectivity index (χ3v) is 1.95. The van der Waals surface area contributed by atoms with Crippen molar-refractivity contribution >= 4 is 23.2 Å². The van der Waals surface area contributed by atoms with Gasteiger partial charge in [0.15, 0.2) is 0 Å². The third kappa shape index (κ3) is 3.00. The van der Waals surface area contributed by atoms with Crippen LogP contribution in [-0.2, 0) is 11.5 Å². The van der Waals surface area contributed by atoms with Gasteiger partial charge in [-0.2, -0.15) is 0 Å². The number of carbonyl (C=O) groups excluding carboxylic acids is 1. The number of benzene rings is 1. The number of para-hydroxylation sites is 1. The van der Waals surface area contributed by atoms with Crippen LogP contribution in [-0.4, -0.2) is 11.8 Å². The summed E-state index contributed by atoms with van der Waals surface area (Å²) in [5.74, 6) is 0.0739. The molecule has 0 aliphatic heterocycles. The Hall–Kier alpha value is -1.09. The molecule has 1 amide bonds. The summed E-state index contributed by atoms with van der Waals surface area (Å²) in [6.07, 6.45) is 0.238. The lowest BCUT2D eigenvalue weighted by Crippen LogP contribution is -2.12. The molecule has 0 heterocycles. The van der Waals surface area contributed by atoms with E-state index in [2.05, 4.69) is 5.32 Å². The molecule has 2 nitrogen and oxygen atoms in total. The quantitative estimate of drug-likeness (QED) is 0.769. The van der Waals surface area contributed by atoms with Crippen LogP contribution in [0.4, 0.5) is 10.1 Å². The molecule has 1 N–H and O–H groups in total. The van der Waals surface area contributed by atoms with E-state index in [1.54, 1.807) is 24.3 Å². The smallest absolute Gasteiger partial charge is 0.225 e. The molecule has 14 heavy (non-hydrogen) atoms. The lowest BCUT2D eigenvalue weighted by atomic mass is 10.2. The van der Waals surface area contributed by atoms with Crippen molar-refractivity contribution in [1.29, 1.82) is 0 Å². The van der Waals surface area contributed by atoms with Gasteiger partial charge in [0.05, 0.1) is 0 Å². The Kier molecular flexibility index (Phi) is 4.40. The van der Waals surface area contributed by atoms with Gasteiger partial charge in [0, 0.05) is 23.6 Å². The summed E-state index contributed by atoms with van der Waals surface area (Å²) < 4.78 is 12.4. The molecule has 1 aromatic carbocycles. The van der Waals surface area contributed by atoms with Gasteiger partial charge in [-0.15, -0.1) is 11.6 Å². The van der Waals surface area contributed by atoms with Crippen molar-refractivity contribution in [2.45, 2.75) is 13.1 Å². The molecule has 0 fully saturated rings. The molecular formula is C10H11ClFNO. The Labute approximate surface area is 87.1 Å². The fourth-order valence-corrected chi connectivity index (χ4v) is 1.23. The number of rotatable bonds is 4. The highest BCUT2D eigenvalue weighted by atomic mass is 35.5. The van der Waals surface area contributed by atoms with Crippen molar-refractivity contribution in [1.82, 2.24) is 0 Å². The number of anilines is 1. The number of amides is 1. The minimum Gasteiger partial charge on any atom is -0.326 e. The van der Waals surface area contributed by atoms with Crippen LogP contribution in [0.3, 0.4) is 0 Å². The van der Waals surface area contributed by atoms with Gasteiger partial charge in [-0.3, -0.25) is 4.79 Å². The SMILES string of the molecule is O=C(CCCl)Nc1ccccc1CF. The van der Waals surface area contributed by atoms with E-state index in [0.717, 1.165) is 0 Å². The van der Waals surface area contributed by atoms with E-state index in [-0.39, 0.29) is 18.2 Å². The molecule has 1 aromatic rings. The molecule has 1 rings (SSSR count). The number of hydrogen-bond donors (Lipinski definition) is 1. The molecule has 0 spiro atoms. The average Bonchev–Trinajstić information content (AvgIpc) is 2.19. The largest absolute Gasteiger partial charge is 0.326 e. The maximum atomic E-state index is 12.4. The molecular weight excluding hydrogens is 205 g/mol. The van der Waals surface area contributed by atoms with E-state index >= 15 is 0 Å². The Morgan fingerprint density at radius 1 is 1.43 bits per heavy atom. The minimum absolute atomic E-state index is 0.194. The van der Waals surface area contributed by atoms with Gasteiger partial charge in [0.25, 0.3) is 0 Å². The normalized spacial score (nSPS) is 9.86. The monoisotopic (exact) mass is 215 g/mol. The highest BCUT2D eigenvalue weighted by Crippen LogP contribution is 2.16. The number of alkyl halides is 2. The molecule has 0 aliphatic rings. The molecule has 0 aromatic heterocycles. The zero-order valence-electron chi connectivity index (χ0n) is 7.59. The first-order chi connectivity index (χ1) is 6.77. The number of hydrogen-bond acceptors (Lipinski definition) is 1. The molecule has 0 saturated carbocycles. The van der Waals surface area contributed by atoms with E-state index in [1.807, 2.05) is 0 Å². The maximum Gasteiger partial charge on any atom is 0.225 e. The maximum absolute atomic E-state index is 12.4. The fraction of sp³-hybridized carbons (Fsp3) is 0.300. The van der Waals surface area contributed by atoms with Crippen LogP contribution in [0.1, 0.15) is 12.0 Å². The molecule has 4 heteroatoms. The van der Waals surface area contributed by atoms with Gasteiger partial charge in [0.2, 0.25) is 5.91 Å². The van der Waals surface area contributed by atoms with Crippen molar-refractivity contribution in [3.8, 4) is 0 Å². The molecule has 0 bridgehead atoms. The molecule has 0 atom stereocenters. The minimum atomic E-state index is -0.586. The first kappa shape index (κ1) is 11.0. The average molecular weight is 216 g/mol. The van der Waals surface area contributed by atoms with Crippen molar-refractivity contribution < 1.29 is 9.18 Å². The standard InChI is InChI=1S/C10H11ClFNO/c11-6-5-10(14)13-9-4-2-1-3-8(9)7-12/h1-4H,5-7H2,(H,13,14). The predicted molar refractivity (Wildman–Crippen MR) is 55.2 cm³/mol. The second-order valence-electron chi connectivity index (χ2n) is 2.78. The summed E-state index contributed by atoms with van der Waals surface area (Å²) in [6, 6.07) is 6.78. The Bertz CT molecular complexity index is 317. The number of halogens is 2. The first-order valence-corrected chi connectivity index (χ1v) is 4.81. The van der Waals surface area contributed by atoms with Crippen LogP contribution >= 0.6 is 11.6 Å². The molecule has 0 unspecified atom stereocenters. The Morgan fingerprint density at radius 2 is 2.14 bits per heavy atom. The zero-order valence-corrected chi connectivity index (χ0v) is 8.35. The summed E-state index contributed by atoms with van der Waals surface area (Å²) in [5, 5.41) is 2.60. The fourth-order valence-electron chi connectivity index (χ4n) is 1.06. The van der Waals surface area contributed by atoms with E-state index in [4.69, 9.17) is 11.6 Å². The van der Waals surface area contributed by atoms with Crippen LogP contribution in [0, 0.1) is 0 Å². The summed E-state index contributed by atoms with van der Waals surface area (Å²) in [5.41, 5.74) is 1.00. The van der Waals surface area contributed by atoms with Gasteiger partial charge in [0.1, 0.15) is 6.67 Å². The summed E-state index contributed by atoms with van der Waals surface area (Å²) in [7, 11) is 0. The second-order valence-corrected chi connectivity index (χ2v) is 3.16. The topological polar surface area (TPSA) is 29.1 Å². The number of carbonyl (C=O) groups is 1. The van der Waals surface area contributed by atoms with Gasteiger partial charge < -0.3 is 5.32 Å². The summed E-state index contributed by atoms with van der Waals surface area (Å²) in [4.78, 5) is 11.2. The van der Waals surface area contributed by atoms with Crippen LogP contribution in [0.5, 0.6) is 0 Å². The zero-order chi connectivity index (χ0) is 10.4. The van der Waals surface area contributed by atoms with E-state index in [0.29, 0.717) is 11.3 Å². The highest BCUT2D eigenvalue weighted by Gasteiger charge is 2.04. The van der Waals surface area contributed by atoms with Gasteiger partial charge >= 0.3 is 0 Å². The third-order valence-electron chi connectivity index (χ3n) is 1.76. The van der Waals surface area contributed by atoms with Crippen LogP contribution < -0.4 is 5.32 Å². The van der Waals surface area contributed by atoms with Crippen LogP contribution in [0.25, 0.3) is 0 Å². The Morgan fingerprint density at radius 3 is 2.79 bits per heavy atom. The lowest BCUT2D eigenvalue weighted by Gasteiger charge is -2.07. The van der Waals surface area contributed by atoms with E-state index in [1.165, 1.54) is 0 Å².